The summed E-state index contributed by atoms with van der Waals surface area (Å²) < 4.78 is 7.32. The number of aromatic nitrogens is 1. The van der Waals surface area contributed by atoms with Crippen LogP contribution in [0.4, 0.5) is 0 Å². The Bertz CT molecular complexity index is 1000. The van der Waals surface area contributed by atoms with Gasteiger partial charge in [0.05, 0.1) is 0 Å². The minimum atomic E-state index is 0.524. The van der Waals surface area contributed by atoms with Gasteiger partial charge in [0.2, 0.25) is 0 Å². The van der Waals surface area contributed by atoms with Gasteiger partial charge < -0.3 is 4.74 Å². The zero-order chi connectivity index (χ0) is 17.2. The van der Waals surface area contributed by atoms with E-state index < -0.39 is 0 Å². The monoisotopic (exact) mass is 345 g/mol. The summed E-state index contributed by atoms with van der Waals surface area (Å²) in [7, 11) is 0. The third kappa shape index (κ3) is 3.28. The molecule has 0 aliphatic heterocycles. The Morgan fingerprint density at radius 2 is 1.84 bits per heavy atom. The summed E-state index contributed by atoms with van der Waals surface area (Å²) in [4.78, 5) is 5.65. The highest BCUT2D eigenvalue weighted by Gasteiger charge is 2.07. The summed E-state index contributed by atoms with van der Waals surface area (Å²) in [6, 6.07) is 19.0. The molecule has 124 valence electrons. The lowest BCUT2D eigenvalue weighted by Gasteiger charge is -2.11. The predicted molar refractivity (Wildman–Crippen MR) is 105 cm³/mol. The Morgan fingerprint density at radius 3 is 2.72 bits per heavy atom. The summed E-state index contributed by atoms with van der Waals surface area (Å²) in [5.41, 5.74) is 4.66. The number of ether oxygens (including phenoxy) is 1. The van der Waals surface area contributed by atoms with E-state index in [-0.39, 0.29) is 0 Å². The molecule has 0 aliphatic carbocycles. The van der Waals surface area contributed by atoms with Crippen molar-refractivity contribution >= 4 is 21.4 Å². The molecular formula is C22H19NOS. The highest BCUT2D eigenvalue weighted by atomic mass is 32.1. The van der Waals surface area contributed by atoms with Crippen molar-refractivity contribution in [1.82, 2.24) is 4.98 Å². The van der Waals surface area contributed by atoms with Gasteiger partial charge in [0.1, 0.15) is 12.4 Å². The van der Waals surface area contributed by atoms with Crippen molar-refractivity contribution in [3.8, 4) is 16.2 Å². The van der Waals surface area contributed by atoms with Gasteiger partial charge in [-0.3, -0.25) is 4.98 Å². The van der Waals surface area contributed by atoms with Crippen molar-refractivity contribution in [2.45, 2.75) is 20.5 Å². The van der Waals surface area contributed by atoms with E-state index >= 15 is 0 Å². The second-order valence-corrected chi connectivity index (χ2v) is 7.30. The Kier molecular flexibility index (Phi) is 4.24. The van der Waals surface area contributed by atoms with Crippen LogP contribution in [0.15, 0.2) is 67.0 Å². The molecule has 0 N–H and O–H groups in total. The van der Waals surface area contributed by atoms with Gasteiger partial charge in [-0.15, -0.1) is 11.3 Å². The molecule has 2 aromatic carbocycles. The van der Waals surface area contributed by atoms with Crippen molar-refractivity contribution < 1.29 is 4.74 Å². The number of hydrogen-bond donors (Lipinski definition) is 0. The lowest BCUT2D eigenvalue weighted by Crippen LogP contribution is -1.98. The molecule has 0 fully saturated rings. The lowest BCUT2D eigenvalue weighted by atomic mass is 10.1. The fourth-order valence-electron chi connectivity index (χ4n) is 2.87. The molecule has 25 heavy (non-hydrogen) atoms. The van der Waals surface area contributed by atoms with Crippen LogP contribution in [-0.2, 0) is 6.61 Å². The normalized spacial score (nSPS) is 11.0. The number of aryl methyl sites for hydroxylation is 1. The first-order valence-corrected chi connectivity index (χ1v) is 9.14. The van der Waals surface area contributed by atoms with Gasteiger partial charge in [0, 0.05) is 33.1 Å². The topological polar surface area (TPSA) is 22.1 Å². The van der Waals surface area contributed by atoms with Crippen molar-refractivity contribution in [2.24, 2.45) is 0 Å². The summed E-state index contributed by atoms with van der Waals surface area (Å²) in [5, 5.41) is 1.28. The van der Waals surface area contributed by atoms with E-state index in [0.717, 1.165) is 16.9 Å². The first-order valence-electron chi connectivity index (χ1n) is 8.32. The molecule has 0 saturated heterocycles. The minimum Gasteiger partial charge on any atom is -0.489 e. The van der Waals surface area contributed by atoms with Crippen LogP contribution in [0, 0.1) is 13.8 Å². The highest BCUT2D eigenvalue weighted by molar-refractivity contribution is 7.22. The average molecular weight is 345 g/mol. The predicted octanol–water partition coefficient (Wildman–Crippen LogP) is 6.16. The molecule has 0 aliphatic rings. The van der Waals surface area contributed by atoms with Gasteiger partial charge in [0.15, 0.2) is 0 Å². The molecule has 0 bridgehead atoms. The molecule has 0 unspecified atom stereocenters. The molecule has 3 heteroatoms. The molecule has 2 heterocycles. The number of benzene rings is 2. The number of thiophene rings is 1. The second kappa shape index (κ2) is 6.69. The minimum absolute atomic E-state index is 0.524. The van der Waals surface area contributed by atoms with Crippen LogP contribution in [0.3, 0.4) is 0 Å². The van der Waals surface area contributed by atoms with Gasteiger partial charge >= 0.3 is 0 Å². The molecule has 0 spiro atoms. The largest absolute Gasteiger partial charge is 0.489 e. The molecular weight excluding hydrogens is 326 g/mol. The van der Waals surface area contributed by atoms with Gasteiger partial charge in [-0.2, -0.15) is 0 Å². The maximum absolute atomic E-state index is 6.02. The van der Waals surface area contributed by atoms with Gasteiger partial charge in [-0.25, -0.2) is 0 Å². The SMILES string of the molecule is Cc1cccc(OCc2cncc(-c3cc4ccccc4s3)c2)c1C. The first-order chi connectivity index (χ1) is 12.2. The van der Waals surface area contributed by atoms with Crippen LogP contribution in [0.25, 0.3) is 20.5 Å². The Morgan fingerprint density at radius 1 is 0.960 bits per heavy atom. The third-order valence-corrected chi connectivity index (χ3v) is 5.62. The Balaban J connectivity index is 1.58. The molecule has 2 nitrogen and oxygen atoms in total. The Labute approximate surface area is 151 Å². The zero-order valence-electron chi connectivity index (χ0n) is 14.3. The summed E-state index contributed by atoms with van der Waals surface area (Å²) in [5.74, 6) is 0.937. The quantitative estimate of drug-likeness (QED) is 0.442. The fourth-order valence-corrected chi connectivity index (χ4v) is 3.91. The molecule has 4 aromatic rings. The maximum Gasteiger partial charge on any atom is 0.122 e. The van der Waals surface area contributed by atoms with Crippen LogP contribution in [-0.4, -0.2) is 4.98 Å². The van der Waals surface area contributed by atoms with E-state index in [1.165, 1.54) is 26.1 Å². The molecule has 0 saturated carbocycles. The van der Waals surface area contributed by atoms with Crippen LogP contribution < -0.4 is 4.74 Å². The van der Waals surface area contributed by atoms with Gasteiger partial charge in [-0.05, 0) is 54.6 Å². The summed E-state index contributed by atoms with van der Waals surface area (Å²) in [6.07, 6.45) is 3.80. The van der Waals surface area contributed by atoms with E-state index in [1.54, 1.807) is 11.3 Å². The smallest absolute Gasteiger partial charge is 0.122 e. The summed E-state index contributed by atoms with van der Waals surface area (Å²) in [6.45, 7) is 4.72. The van der Waals surface area contributed by atoms with Crippen molar-refractivity contribution in [3.05, 3.63) is 83.7 Å². The van der Waals surface area contributed by atoms with Crippen molar-refractivity contribution in [2.75, 3.05) is 0 Å². The Hall–Kier alpha value is -2.65. The van der Waals surface area contributed by atoms with Crippen LogP contribution in [0.5, 0.6) is 5.75 Å². The number of pyridine rings is 1. The molecule has 2 aromatic heterocycles. The highest BCUT2D eigenvalue weighted by Crippen LogP contribution is 2.33. The van der Waals surface area contributed by atoms with E-state index in [2.05, 4.69) is 61.3 Å². The van der Waals surface area contributed by atoms with E-state index in [4.69, 9.17) is 4.74 Å². The second-order valence-electron chi connectivity index (χ2n) is 6.22. The van der Waals surface area contributed by atoms with E-state index in [0.29, 0.717) is 6.61 Å². The molecule has 0 atom stereocenters. The van der Waals surface area contributed by atoms with Crippen LogP contribution in [0.1, 0.15) is 16.7 Å². The van der Waals surface area contributed by atoms with Crippen molar-refractivity contribution in [1.29, 1.82) is 0 Å². The average Bonchev–Trinajstić information content (AvgIpc) is 3.07. The standard InChI is InChI=1S/C22H19NOS/c1-15-6-5-8-20(16(15)2)24-14-17-10-19(13-23-12-17)22-11-18-7-3-4-9-21(18)25-22/h3-13H,14H2,1-2H3. The lowest BCUT2D eigenvalue weighted by molar-refractivity contribution is 0.303. The van der Waals surface area contributed by atoms with Crippen LogP contribution in [0.2, 0.25) is 0 Å². The third-order valence-electron chi connectivity index (χ3n) is 4.45. The number of hydrogen-bond acceptors (Lipinski definition) is 3. The van der Waals surface area contributed by atoms with Gasteiger partial charge in [-0.1, -0.05) is 30.3 Å². The number of rotatable bonds is 4. The van der Waals surface area contributed by atoms with Crippen LogP contribution >= 0.6 is 11.3 Å². The first kappa shape index (κ1) is 15.9. The summed E-state index contributed by atoms with van der Waals surface area (Å²) >= 11 is 1.80. The molecule has 0 amide bonds. The van der Waals surface area contributed by atoms with Gasteiger partial charge in [0.25, 0.3) is 0 Å². The van der Waals surface area contributed by atoms with E-state index in [9.17, 15) is 0 Å². The van der Waals surface area contributed by atoms with E-state index in [1.807, 2.05) is 24.5 Å². The molecule has 4 rings (SSSR count). The number of nitrogens with zero attached hydrogens (tertiary/aromatic N) is 1. The fraction of sp³-hybridized carbons (Fsp3) is 0.136. The zero-order valence-corrected chi connectivity index (χ0v) is 15.1. The van der Waals surface area contributed by atoms with Crippen molar-refractivity contribution in [3.63, 3.8) is 0 Å². The molecule has 0 radical (unpaired) electrons. The maximum atomic E-state index is 6.02. The number of fused-ring (bicyclic) bond motifs is 1.